The van der Waals surface area contributed by atoms with Crippen LogP contribution in [0.2, 0.25) is 0 Å². The lowest BCUT2D eigenvalue weighted by Crippen LogP contribution is -2.39. The highest BCUT2D eigenvalue weighted by Gasteiger charge is 2.14. The molecule has 0 spiro atoms. The van der Waals surface area contributed by atoms with Crippen LogP contribution in [0.1, 0.15) is 67.2 Å². The van der Waals surface area contributed by atoms with E-state index in [-0.39, 0.29) is 5.54 Å². The molecule has 1 N–H and O–H groups in total. The van der Waals surface area contributed by atoms with Crippen molar-refractivity contribution in [3.8, 4) is 0 Å². The van der Waals surface area contributed by atoms with E-state index in [0.29, 0.717) is 0 Å². The van der Waals surface area contributed by atoms with Gasteiger partial charge < -0.3 is 5.32 Å². The zero-order valence-electron chi connectivity index (χ0n) is 11.7. The minimum atomic E-state index is 0.265. The van der Waals surface area contributed by atoms with Crippen LogP contribution in [0.5, 0.6) is 0 Å². The fourth-order valence-electron chi connectivity index (χ4n) is 2.02. The molecule has 0 bridgehead atoms. The smallest absolute Gasteiger partial charge is 0.00966 e. The van der Waals surface area contributed by atoms with Gasteiger partial charge in [-0.05, 0) is 45.6 Å². The maximum absolute atomic E-state index is 3.62. The van der Waals surface area contributed by atoms with Crippen molar-refractivity contribution in [2.75, 3.05) is 6.54 Å². The van der Waals surface area contributed by atoms with Crippen molar-refractivity contribution < 1.29 is 0 Å². The highest BCUT2D eigenvalue weighted by molar-refractivity contribution is 4.73. The van der Waals surface area contributed by atoms with E-state index in [0.717, 1.165) is 11.8 Å². The summed E-state index contributed by atoms with van der Waals surface area (Å²) in [5.41, 5.74) is 0.265. The van der Waals surface area contributed by atoms with E-state index in [1.165, 1.54) is 32.2 Å². The molecule has 1 nitrogen and oxygen atoms in total. The standard InChI is InChI=1S/C14H31N/c1-7-9-12(3)10-13(8-2)11-15-14(4,5)6/h12-13,15H,7-11H2,1-6H3. The van der Waals surface area contributed by atoms with Crippen molar-refractivity contribution in [3.05, 3.63) is 0 Å². The van der Waals surface area contributed by atoms with E-state index in [4.69, 9.17) is 0 Å². The summed E-state index contributed by atoms with van der Waals surface area (Å²) in [6.45, 7) is 14.9. The Morgan fingerprint density at radius 3 is 2.13 bits per heavy atom. The molecule has 0 amide bonds. The predicted octanol–water partition coefficient (Wildman–Crippen LogP) is 4.23. The fourth-order valence-corrected chi connectivity index (χ4v) is 2.02. The Bertz CT molecular complexity index is 146. The number of hydrogen-bond donors (Lipinski definition) is 1. The molecule has 0 radical (unpaired) electrons. The molecule has 0 aliphatic carbocycles. The summed E-state index contributed by atoms with van der Waals surface area (Å²) in [5.74, 6) is 1.74. The Balaban J connectivity index is 3.82. The third-order valence-corrected chi connectivity index (χ3v) is 3.02. The first-order valence-electron chi connectivity index (χ1n) is 6.64. The van der Waals surface area contributed by atoms with Gasteiger partial charge in [0.15, 0.2) is 0 Å². The van der Waals surface area contributed by atoms with Gasteiger partial charge in [-0.25, -0.2) is 0 Å². The van der Waals surface area contributed by atoms with Crippen molar-refractivity contribution in [1.82, 2.24) is 5.32 Å². The van der Waals surface area contributed by atoms with Gasteiger partial charge in [0.2, 0.25) is 0 Å². The third-order valence-electron chi connectivity index (χ3n) is 3.02. The van der Waals surface area contributed by atoms with E-state index < -0.39 is 0 Å². The summed E-state index contributed by atoms with van der Waals surface area (Å²) in [7, 11) is 0. The molecule has 15 heavy (non-hydrogen) atoms. The average molecular weight is 213 g/mol. The molecule has 0 fully saturated rings. The molecular formula is C14H31N. The summed E-state index contributed by atoms with van der Waals surface area (Å²) in [6, 6.07) is 0. The van der Waals surface area contributed by atoms with E-state index >= 15 is 0 Å². The van der Waals surface area contributed by atoms with Crippen molar-refractivity contribution in [2.24, 2.45) is 11.8 Å². The van der Waals surface area contributed by atoms with Crippen molar-refractivity contribution in [2.45, 2.75) is 72.8 Å². The molecule has 0 heterocycles. The van der Waals surface area contributed by atoms with Crippen molar-refractivity contribution in [1.29, 1.82) is 0 Å². The Labute approximate surface area is 97.0 Å². The first-order valence-corrected chi connectivity index (χ1v) is 6.64. The van der Waals surface area contributed by atoms with Crippen LogP contribution in [-0.2, 0) is 0 Å². The number of rotatable bonds is 7. The molecule has 0 aliphatic rings. The van der Waals surface area contributed by atoms with Crippen LogP contribution in [0.15, 0.2) is 0 Å². The average Bonchev–Trinajstić information content (AvgIpc) is 2.11. The summed E-state index contributed by atoms with van der Waals surface area (Å²) in [6.07, 6.45) is 5.39. The number of nitrogens with one attached hydrogen (secondary N) is 1. The minimum Gasteiger partial charge on any atom is -0.312 e. The molecule has 0 saturated heterocycles. The second-order valence-electron chi connectivity index (χ2n) is 6.03. The van der Waals surface area contributed by atoms with Gasteiger partial charge in [0.1, 0.15) is 0 Å². The topological polar surface area (TPSA) is 12.0 Å². The van der Waals surface area contributed by atoms with E-state index in [1.54, 1.807) is 0 Å². The van der Waals surface area contributed by atoms with Crippen molar-refractivity contribution >= 4 is 0 Å². The highest BCUT2D eigenvalue weighted by atomic mass is 14.9. The monoisotopic (exact) mass is 213 g/mol. The van der Waals surface area contributed by atoms with Gasteiger partial charge in [-0.1, -0.05) is 40.0 Å². The van der Waals surface area contributed by atoms with Gasteiger partial charge >= 0.3 is 0 Å². The Morgan fingerprint density at radius 1 is 1.13 bits per heavy atom. The molecule has 0 aromatic carbocycles. The summed E-state index contributed by atoms with van der Waals surface area (Å²) < 4.78 is 0. The van der Waals surface area contributed by atoms with Gasteiger partial charge in [0, 0.05) is 5.54 Å². The first-order chi connectivity index (χ1) is 6.89. The second kappa shape index (κ2) is 7.27. The van der Waals surface area contributed by atoms with Crippen LogP contribution in [-0.4, -0.2) is 12.1 Å². The molecule has 0 aromatic rings. The largest absolute Gasteiger partial charge is 0.312 e. The van der Waals surface area contributed by atoms with Crippen LogP contribution < -0.4 is 5.32 Å². The van der Waals surface area contributed by atoms with Crippen LogP contribution in [0.4, 0.5) is 0 Å². The lowest BCUT2D eigenvalue weighted by Gasteiger charge is -2.26. The molecule has 0 aromatic heterocycles. The Hall–Kier alpha value is -0.0400. The third kappa shape index (κ3) is 8.92. The van der Waals surface area contributed by atoms with Gasteiger partial charge in [0.05, 0.1) is 0 Å². The fraction of sp³-hybridized carbons (Fsp3) is 1.00. The molecule has 0 rings (SSSR count). The lowest BCUT2D eigenvalue weighted by molar-refractivity contribution is 0.311. The zero-order chi connectivity index (χ0) is 11.9. The molecule has 2 unspecified atom stereocenters. The van der Waals surface area contributed by atoms with Crippen LogP contribution >= 0.6 is 0 Å². The summed E-state index contributed by atoms with van der Waals surface area (Å²) in [5, 5.41) is 3.62. The number of hydrogen-bond acceptors (Lipinski definition) is 1. The molecule has 2 atom stereocenters. The van der Waals surface area contributed by atoms with Gasteiger partial charge in [0.25, 0.3) is 0 Å². The van der Waals surface area contributed by atoms with Gasteiger partial charge in [-0.2, -0.15) is 0 Å². The molecule has 0 aliphatic heterocycles. The zero-order valence-corrected chi connectivity index (χ0v) is 11.7. The maximum Gasteiger partial charge on any atom is 0.00966 e. The molecule has 1 heteroatoms. The highest BCUT2D eigenvalue weighted by Crippen LogP contribution is 2.19. The lowest BCUT2D eigenvalue weighted by atomic mass is 9.90. The Kier molecular flexibility index (Phi) is 7.25. The van der Waals surface area contributed by atoms with Gasteiger partial charge in [-0.15, -0.1) is 0 Å². The first kappa shape index (κ1) is 15.0. The molecule has 92 valence electrons. The van der Waals surface area contributed by atoms with Crippen molar-refractivity contribution in [3.63, 3.8) is 0 Å². The van der Waals surface area contributed by atoms with Crippen LogP contribution in [0.3, 0.4) is 0 Å². The maximum atomic E-state index is 3.62. The Morgan fingerprint density at radius 2 is 1.73 bits per heavy atom. The quantitative estimate of drug-likeness (QED) is 0.667. The van der Waals surface area contributed by atoms with E-state index in [2.05, 4.69) is 46.9 Å². The summed E-state index contributed by atoms with van der Waals surface area (Å²) in [4.78, 5) is 0. The normalized spacial score (nSPS) is 16.4. The van der Waals surface area contributed by atoms with Crippen LogP contribution in [0, 0.1) is 11.8 Å². The van der Waals surface area contributed by atoms with E-state index in [9.17, 15) is 0 Å². The van der Waals surface area contributed by atoms with Gasteiger partial charge in [-0.3, -0.25) is 0 Å². The second-order valence-corrected chi connectivity index (χ2v) is 6.03. The van der Waals surface area contributed by atoms with E-state index in [1.807, 2.05) is 0 Å². The van der Waals surface area contributed by atoms with Crippen LogP contribution in [0.25, 0.3) is 0 Å². The molecule has 0 saturated carbocycles. The minimum absolute atomic E-state index is 0.265. The predicted molar refractivity (Wildman–Crippen MR) is 70.2 cm³/mol. The summed E-state index contributed by atoms with van der Waals surface area (Å²) >= 11 is 0. The SMILES string of the molecule is CCCC(C)CC(CC)CNC(C)(C)C. The molecular weight excluding hydrogens is 182 g/mol.